The summed E-state index contributed by atoms with van der Waals surface area (Å²) in [5.41, 5.74) is 0. The fourth-order valence-electron chi connectivity index (χ4n) is 2.64. The summed E-state index contributed by atoms with van der Waals surface area (Å²) >= 11 is 4.28. The molecule has 0 bridgehead atoms. The molecular weight excluding hydrogens is 214 g/mol. The number of rotatable bonds is 3. The van der Waals surface area contributed by atoms with E-state index in [1.54, 1.807) is 0 Å². The van der Waals surface area contributed by atoms with E-state index in [2.05, 4.69) is 17.9 Å². The number of thiol groups is 1. The molecule has 0 aliphatic heterocycles. The lowest BCUT2D eigenvalue weighted by Gasteiger charge is -2.19. The van der Waals surface area contributed by atoms with Crippen LogP contribution < -0.4 is 5.32 Å². The minimum Gasteiger partial charge on any atom is -0.313 e. The smallest absolute Gasteiger partial charge is 0.00673 e. The van der Waals surface area contributed by atoms with Crippen molar-refractivity contribution in [2.45, 2.75) is 76.7 Å². The Kier molecular flexibility index (Phi) is 9.40. The van der Waals surface area contributed by atoms with Crippen LogP contribution in [0.5, 0.6) is 0 Å². The largest absolute Gasteiger partial charge is 0.313 e. The van der Waals surface area contributed by atoms with Gasteiger partial charge in [0.1, 0.15) is 0 Å². The van der Waals surface area contributed by atoms with Crippen molar-refractivity contribution >= 4 is 12.6 Å². The van der Waals surface area contributed by atoms with Crippen molar-refractivity contribution in [3.05, 3.63) is 0 Å². The first-order chi connectivity index (χ1) is 7.93. The van der Waals surface area contributed by atoms with Gasteiger partial charge in [0.15, 0.2) is 0 Å². The van der Waals surface area contributed by atoms with Gasteiger partial charge in [-0.3, -0.25) is 0 Å². The van der Waals surface area contributed by atoms with Crippen molar-refractivity contribution in [2.24, 2.45) is 0 Å². The van der Waals surface area contributed by atoms with Crippen LogP contribution in [0.4, 0.5) is 0 Å². The van der Waals surface area contributed by atoms with Crippen LogP contribution in [0.3, 0.4) is 0 Å². The maximum Gasteiger partial charge on any atom is 0.00673 e. The van der Waals surface area contributed by atoms with Crippen molar-refractivity contribution in [3.8, 4) is 0 Å². The molecule has 0 aromatic carbocycles. The molecule has 1 N–H and O–H groups in total. The zero-order valence-electron chi connectivity index (χ0n) is 10.7. The fourth-order valence-corrected chi connectivity index (χ4v) is 2.77. The van der Waals surface area contributed by atoms with E-state index < -0.39 is 0 Å². The van der Waals surface area contributed by atoms with Crippen LogP contribution in [0.15, 0.2) is 0 Å². The van der Waals surface area contributed by atoms with Crippen LogP contribution in [0.25, 0.3) is 0 Å². The van der Waals surface area contributed by atoms with Crippen LogP contribution in [-0.4, -0.2) is 18.3 Å². The normalized spacial score (nSPS) is 22.3. The first kappa shape index (κ1) is 14.4. The molecule has 16 heavy (non-hydrogen) atoms. The Labute approximate surface area is 107 Å². The third-order valence-electron chi connectivity index (χ3n) is 3.65. The van der Waals surface area contributed by atoms with E-state index in [1.165, 1.54) is 70.6 Å². The second-order valence-electron chi connectivity index (χ2n) is 5.13. The minimum atomic E-state index is 0.770. The van der Waals surface area contributed by atoms with E-state index in [4.69, 9.17) is 0 Å². The SMILES string of the molecule is SCCNC1CCCCCCCCCCC1. The van der Waals surface area contributed by atoms with E-state index in [9.17, 15) is 0 Å². The maximum atomic E-state index is 4.28. The second kappa shape index (κ2) is 10.5. The molecule has 0 atom stereocenters. The van der Waals surface area contributed by atoms with Crippen molar-refractivity contribution in [1.82, 2.24) is 5.32 Å². The predicted molar refractivity (Wildman–Crippen MR) is 76.4 cm³/mol. The Morgan fingerprint density at radius 3 is 1.62 bits per heavy atom. The zero-order chi connectivity index (χ0) is 11.5. The van der Waals surface area contributed by atoms with Gasteiger partial charge in [-0.05, 0) is 12.8 Å². The topological polar surface area (TPSA) is 12.0 Å². The highest BCUT2D eigenvalue weighted by molar-refractivity contribution is 7.80. The molecule has 0 spiro atoms. The summed E-state index contributed by atoms with van der Waals surface area (Å²) in [7, 11) is 0. The van der Waals surface area contributed by atoms with Crippen molar-refractivity contribution in [3.63, 3.8) is 0 Å². The van der Waals surface area contributed by atoms with E-state index in [1.807, 2.05) is 0 Å². The van der Waals surface area contributed by atoms with Gasteiger partial charge in [-0.1, -0.05) is 57.8 Å². The van der Waals surface area contributed by atoms with Gasteiger partial charge in [0.25, 0.3) is 0 Å². The Morgan fingerprint density at radius 1 is 0.750 bits per heavy atom. The molecule has 0 amide bonds. The fraction of sp³-hybridized carbons (Fsp3) is 1.00. The Hall–Kier alpha value is 0.310. The first-order valence-electron chi connectivity index (χ1n) is 7.27. The predicted octanol–water partition coefficient (Wildman–Crippen LogP) is 4.18. The van der Waals surface area contributed by atoms with Crippen molar-refractivity contribution in [2.75, 3.05) is 12.3 Å². The van der Waals surface area contributed by atoms with Crippen LogP contribution in [0, 0.1) is 0 Å². The van der Waals surface area contributed by atoms with E-state index in [0.29, 0.717) is 0 Å². The van der Waals surface area contributed by atoms with Gasteiger partial charge < -0.3 is 5.32 Å². The summed E-state index contributed by atoms with van der Waals surface area (Å²) in [4.78, 5) is 0. The molecule has 1 aliphatic rings. The number of hydrogen-bond acceptors (Lipinski definition) is 2. The highest BCUT2D eigenvalue weighted by Crippen LogP contribution is 2.16. The van der Waals surface area contributed by atoms with Crippen LogP contribution in [0.2, 0.25) is 0 Å². The van der Waals surface area contributed by atoms with Crippen molar-refractivity contribution < 1.29 is 0 Å². The van der Waals surface area contributed by atoms with Gasteiger partial charge >= 0.3 is 0 Å². The summed E-state index contributed by atoms with van der Waals surface area (Å²) < 4.78 is 0. The first-order valence-corrected chi connectivity index (χ1v) is 7.91. The van der Waals surface area contributed by atoms with Crippen LogP contribution in [-0.2, 0) is 0 Å². The summed E-state index contributed by atoms with van der Waals surface area (Å²) in [5, 5.41) is 3.65. The molecule has 0 aromatic rings. The molecule has 1 aliphatic carbocycles. The minimum absolute atomic E-state index is 0.770. The third kappa shape index (κ3) is 7.56. The Balaban J connectivity index is 2.19. The van der Waals surface area contributed by atoms with E-state index in [0.717, 1.165) is 18.3 Å². The highest BCUT2D eigenvalue weighted by atomic mass is 32.1. The molecule has 0 radical (unpaired) electrons. The van der Waals surface area contributed by atoms with Crippen molar-refractivity contribution in [1.29, 1.82) is 0 Å². The zero-order valence-corrected chi connectivity index (χ0v) is 11.6. The molecule has 2 heteroatoms. The van der Waals surface area contributed by atoms with Gasteiger partial charge in [-0.15, -0.1) is 0 Å². The number of nitrogens with one attached hydrogen (secondary N) is 1. The molecule has 1 fully saturated rings. The standard InChI is InChI=1S/C14H29NS/c16-13-12-15-14-10-8-6-4-2-1-3-5-7-9-11-14/h14-16H,1-13H2. The van der Waals surface area contributed by atoms with Gasteiger partial charge in [0.05, 0.1) is 0 Å². The molecule has 0 heterocycles. The molecular formula is C14H29NS. The second-order valence-corrected chi connectivity index (χ2v) is 5.58. The Bertz CT molecular complexity index is 138. The van der Waals surface area contributed by atoms with Crippen LogP contribution >= 0.6 is 12.6 Å². The lowest BCUT2D eigenvalue weighted by atomic mass is 9.98. The summed E-state index contributed by atoms with van der Waals surface area (Å²) in [6.45, 7) is 1.08. The maximum absolute atomic E-state index is 4.28. The van der Waals surface area contributed by atoms with E-state index in [-0.39, 0.29) is 0 Å². The summed E-state index contributed by atoms with van der Waals surface area (Å²) in [5.74, 6) is 0.969. The van der Waals surface area contributed by atoms with E-state index >= 15 is 0 Å². The molecule has 0 aromatic heterocycles. The van der Waals surface area contributed by atoms with Gasteiger partial charge in [0, 0.05) is 18.3 Å². The number of hydrogen-bond donors (Lipinski definition) is 2. The summed E-state index contributed by atoms with van der Waals surface area (Å²) in [6.07, 6.45) is 15.8. The van der Waals surface area contributed by atoms with Gasteiger partial charge in [-0.2, -0.15) is 12.6 Å². The average Bonchev–Trinajstić information content (AvgIpc) is 2.28. The van der Waals surface area contributed by atoms with Gasteiger partial charge in [-0.25, -0.2) is 0 Å². The van der Waals surface area contributed by atoms with Crippen LogP contribution in [0.1, 0.15) is 70.6 Å². The molecule has 1 nitrogen and oxygen atoms in total. The average molecular weight is 243 g/mol. The molecule has 0 unspecified atom stereocenters. The highest BCUT2D eigenvalue weighted by Gasteiger charge is 2.07. The Morgan fingerprint density at radius 2 is 1.19 bits per heavy atom. The third-order valence-corrected chi connectivity index (χ3v) is 3.87. The van der Waals surface area contributed by atoms with Gasteiger partial charge in [0.2, 0.25) is 0 Å². The summed E-state index contributed by atoms with van der Waals surface area (Å²) in [6, 6.07) is 0.770. The lowest BCUT2D eigenvalue weighted by molar-refractivity contribution is 0.412. The molecule has 96 valence electrons. The quantitative estimate of drug-likeness (QED) is 0.709. The monoisotopic (exact) mass is 243 g/mol. The molecule has 1 rings (SSSR count). The molecule has 1 saturated carbocycles. The molecule has 0 saturated heterocycles. The lowest BCUT2D eigenvalue weighted by Crippen LogP contribution is -2.30.